The molecule has 0 aliphatic carbocycles. The van der Waals surface area contributed by atoms with Gasteiger partial charge in [-0.1, -0.05) is 6.07 Å². The summed E-state index contributed by atoms with van der Waals surface area (Å²) in [5, 5.41) is 30.2. The highest BCUT2D eigenvalue weighted by Crippen LogP contribution is 2.28. The standard InChI is InChI=1S/C11H9BrN2O7/c12-9-5(2-1-3-7(9)14(20)21)10(17)13-6(11(18)19)4-8(15)16/h1-3,6H,4H2,(H,13,17)(H,15,16)(H,18,19)/t6-/m1/s1. The van der Waals surface area contributed by atoms with E-state index in [2.05, 4.69) is 15.9 Å². The Kier molecular flexibility index (Phi) is 5.36. The van der Waals surface area contributed by atoms with Gasteiger partial charge in [0.1, 0.15) is 10.5 Å². The second-order valence-electron chi connectivity index (χ2n) is 3.86. The van der Waals surface area contributed by atoms with Crippen molar-refractivity contribution in [2.45, 2.75) is 12.5 Å². The molecule has 1 aromatic rings. The van der Waals surface area contributed by atoms with Crippen LogP contribution >= 0.6 is 15.9 Å². The van der Waals surface area contributed by atoms with Crippen molar-refractivity contribution in [1.29, 1.82) is 0 Å². The van der Waals surface area contributed by atoms with Crippen LogP contribution in [0.1, 0.15) is 16.8 Å². The smallest absolute Gasteiger partial charge is 0.326 e. The lowest BCUT2D eigenvalue weighted by Gasteiger charge is -2.13. The van der Waals surface area contributed by atoms with Crippen molar-refractivity contribution < 1.29 is 29.5 Å². The molecule has 0 aromatic heterocycles. The van der Waals surface area contributed by atoms with Crippen LogP contribution in [0.5, 0.6) is 0 Å². The zero-order valence-electron chi connectivity index (χ0n) is 10.3. The second kappa shape index (κ2) is 6.79. The van der Waals surface area contributed by atoms with Crippen molar-refractivity contribution in [2.75, 3.05) is 0 Å². The topological polar surface area (TPSA) is 147 Å². The summed E-state index contributed by atoms with van der Waals surface area (Å²) in [6, 6.07) is 2.02. The summed E-state index contributed by atoms with van der Waals surface area (Å²) >= 11 is 2.89. The van der Waals surface area contributed by atoms with Gasteiger partial charge >= 0.3 is 11.9 Å². The lowest BCUT2D eigenvalue weighted by molar-refractivity contribution is -0.385. The molecule has 9 nitrogen and oxygen atoms in total. The van der Waals surface area contributed by atoms with Gasteiger partial charge in [0.05, 0.1) is 16.9 Å². The number of aliphatic carboxylic acids is 2. The first-order valence-electron chi connectivity index (χ1n) is 5.42. The predicted octanol–water partition coefficient (Wildman–Crippen LogP) is 1.01. The van der Waals surface area contributed by atoms with E-state index in [9.17, 15) is 24.5 Å². The Morgan fingerprint density at radius 3 is 2.43 bits per heavy atom. The summed E-state index contributed by atoms with van der Waals surface area (Å²) < 4.78 is -0.119. The molecule has 10 heteroatoms. The first kappa shape index (κ1) is 16.6. The maximum atomic E-state index is 11.9. The van der Waals surface area contributed by atoms with Gasteiger partial charge in [0, 0.05) is 6.07 Å². The quantitative estimate of drug-likeness (QED) is 0.506. The van der Waals surface area contributed by atoms with Crippen LogP contribution in [0.4, 0.5) is 5.69 Å². The highest BCUT2D eigenvalue weighted by molar-refractivity contribution is 9.10. The Morgan fingerprint density at radius 1 is 1.33 bits per heavy atom. The zero-order chi connectivity index (χ0) is 16.2. The molecule has 112 valence electrons. The van der Waals surface area contributed by atoms with E-state index < -0.39 is 35.2 Å². The van der Waals surface area contributed by atoms with E-state index in [-0.39, 0.29) is 15.7 Å². The summed E-state index contributed by atoms with van der Waals surface area (Å²) in [5.74, 6) is -3.85. The van der Waals surface area contributed by atoms with E-state index in [1.54, 1.807) is 0 Å². The number of nitrogens with zero attached hydrogens (tertiary/aromatic N) is 1. The van der Waals surface area contributed by atoms with Crippen LogP contribution in [0.15, 0.2) is 22.7 Å². The van der Waals surface area contributed by atoms with Crippen molar-refractivity contribution in [3.8, 4) is 0 Å². The molecule has 0 spiro atoms. The van der Waals surface area contributed by atoms with Crippen molar-refractivity contribution in [3.05, 3.63) is 38.3 Å². The molecule has 0 radical (unpaired) electrons. The Labute approximate surface area is 125 Å². The fourth-order valence-electron chi connectivity index (χ4n) is 1.45. The monoisotopic (exact) mass is 360 g/mol. The molecular weight excluding hydrogens is 352 g/mol. The molecular formula is C11H9BrN2O7. The number of hydrogen-bond donors (Lipinski definition) is 3. The fraction of sp³-hybridized carbons (Fsp3) is 0.182. The van der Waals surface area contributed by atoms with Crippen LogP contribution in [0.3, 0.4) is 0 Å². The van der Waals surface area contributed by atoms with Crippen LogP contribution in [-0.2, 0) is 9.59 Å². The summed E-state index contributed by atoms with van der Waals surface area (Å²) in [5.41, 5.74) is -0.534. The van der Waals surface area contributed by atoms with Crippen LogP contribution in [-0.4, -0.2) is 39.0 Å². The molecule has 0 aliphatic rings. The minimum absolute atomic E-state index is 0.119. The van der Waals surface area contributed by atoms with Crippen LogP contribution in [0, 0.1) is 10.1 Å². The highest BCUT2D eigenvalue weighted by atomic mass is 79.9. The molecule has 0 bridgehead atoms. The molecule has 0 heterocycles. The molecule has 0 fully saturated rings. The van der Waals surface area contributed by atoms with Crippen LogP contribution in [0.2, 0.25) is 0 Å². The van der Waals surface area contributed by atoms with E-state index in [1.807, 2.05) is 5.32 Å². The van der Waals surface area contributed by atoms with E-state index in [1.165, 1.54) is 12.1 Å². The van der Waals surface area contributed by atoms with E-state index >= 15 is 0 Å². The number of carbonyl (C=O) groups is 3. The summed E-state index contributed by atoms with van der Waals surface area (Å²) in [4.78, 5) is 43.3. The first-order chi connectivity index (χ1) is 9.73. The Balaban J connectivity index is 3.03. The van der Waals surface area contributed by atoms with Gasteiger partial charge in [-0.3, -0.25) is 19.7 Å². The Bertz CT molecular complexity index is 617. The number of carboxylic acid groups (broad SMARTS) is 2. The van der Waals surface area contributed by atoms with Gasteiger partial charge in [0.25, 0.3) is 11.6 Å². The SMILES string of the molecule is O=C(O)C[C@@H](NC(=O)c1cccc([N+](=O)[O-])c1Br)C(=O)O. The number of halogens is 1. The number of carboxylic acids is 2. The molecule has 0 saturated heterocycles. The number of nitro groups is 1. The molecule has 1 amide bonds. The first-order valence-corrected chi connectivity index (χ1v) is 6.21. The van der Waals surface area contributed by atoms with Crippen molar-refractivity contribution >= 4 is 39.5 Å². The highest BCUT2D eigenvalue weighted by Gasteiger charge is 2.26. The maximum absolute atomic E-state index is 11.9. The number of hydrogen-bond acceptors (Lipinski definition) is 5. The fourth-order valence-corrected chi connectivity index (χ4v) is 2.04. The third-order valence-electron chi connectivity index (χ3n) is 2.40. The van der Waals surface area contributed by atoms with Gasteiger partial charge in [0.2, 0.25) is 0 Å². The number of benzene rings is 1. The lowest BCUT2D eigenvalue weighted by atomic mass is 10.1. The van der Waals surface area contributed by atoms with Crippen molar-refractivity contribution in [2.24, 2.45) is 0 Å². The second-order valence-corrected chi connectivity index (χ2v) is 4.65. The van der Waals surface area contributed by atoms with Gasteiger partial charge in [0.15, 0.2) is 0 Å². The van der Waals surface area contributed by atoms with E-state index in [4.69, 9.17) is 10.2 Å². The lowest BCUT2D eigenvalue weighted by Crippen LogP contribution is -2.42. The third kappa shape index (κ3) is 4.24. The van der Waals surface area contributed by atoms with Gasteiger partial charge < -0.3 is 15.5 Å². The zero-order valence-corrected chi connectivity index (χ0v) is 11.9. The molecule has 21 heavy (non-hydrogen) atoms. The van der Waals surface area contributed by atoms with Gasteiger partial charge in [-0.15, -0.1) is 0 Å². The molecule has 1 rings (SSSR count). The number of rotatable bonds is 6. The van der Waals surface area contributed by atoms with Gasteiger partial charge in [-0.05, 0) is 22.0 Å². The normalized spacial score (nSPS) is 11.5. The minimum atomic E-state index is -1.64. The molecule has 3 N–H and O–H groups in total. The number of amides is 1. The van der Waals surface area contributed by atoms with E-state index in [0.29, 0.717) is 0 Å². The van der Waals surface area contributed by atoms with E-state index in [0.717, 1.165) is 6.07 Å². The molecule has 1 aromatic carbocycles. The number of nitrogens with one attached hydrogen (secondary N) is 1. The average molecular weight is 361 g/mol. The maximum Gasteiger partial charge on any atom is 0.326 e. The Morgan fingerprint density at radius 2 is 1.95 bits per heavy atom. The number of carbonyl (C=O) groups excluding carboxylic acids is 1. The minimum Gasteiger partial charge on any atom is -0.481 e. The van der Waals surface area contributed by atoms with Crippen LogP contribution < -0.4 is 5.32 Å². The summed E-state index contributed by atoms with van der Waals surface area (Å²) in [6.07, 6.45) is -0.812. The number of nitro benzene ring substituents is 1. The molecule has 0 unspecified atom stereocenters. The average Bonchev–Trinajstić information content (AvgIpc) is 2.36. The molecule has 1 atom stereocenters. The summed E-state index contributed by atoms with van der Waals surface area (Å²) in [6.45, 7) is 0. The molecule has 0 saturated carbocycles. The van der Waals surface area contributed by atoms with Gasteiger partial charge in [-0.2, -0.15) is 0 Å². The van der Waals surface area contributed by atoms with Crippen LogP contribution in [0.25, 0.3) is 0 Å². The largest absolute Gasteiger partial charge is 0.481 e. The predicted molar refractivity (Wildman–Crippen MR) is 71.9 cm³/mol. The summed E-state index contributed by atoms with van der Waals surface area (Å²) in [7, 11) is 0. The third-order valence-corrected chi connectivity index (χ3v) is 3.24. The molecule has 0 aliphatic heterocycles. The Hall–Kier alpha value is -2.49. The van der Waals surface area contributed by atoms with Crippen molar-refractivity contribution in [3.63, 3.8) is 0 Å². The van der Waals surface area contributed by atoms with Crippen molar-refractivity contribution in [1.82, 2.24) is 5.32 Å². The van der Waals surface area contributed by atoms with Gasteiger partial charge in [-0.25, -0.2) is 4.79 Å².